The number of halogens is 3. The van der Waals surface area contributed by atoms with E-state index in [2.05, 4.69) is 5.32 Å². The van der Waals surface area contributed by atoms with Crippen LogP contribution >= 0.6 is 0 Å². The minimum absolute atomic E-state index is 0.00125. The summed E-state index contributed by atoms with van der Waals surface area (Å²) in [7, 11) is -4.48. The van der Waals surface area contributed by atoms with Crippen LogP contribution in [0.4, 0.5) is 18.9 Å². The second kappa shape index (κ2) is 13.7. The number of sulfonamides is 1. The van der Waals surface area contributed by atoms with Crippen molar-refractivity contribution < 1.29 is 31.2 Å². The van der Waals surface area contributed by atoms with Gasteiger partial charge in [0.25, 0.3) is 10.0 Å². The molecule has 0 aliphatic carbocycles. The van der Waals surface area contributed by atoms with Crippen molar-refractivity contribution in [2.75, 3.05) is 17.4 Å². The van der Waals surface area contributed by atoms with E-state index in [0.717, 1.165) is 17.7 Å². The molecule has 11 heteroatoms. The van der Waals surface area contributed by atoms with Gasteiger partial charge in [0.05, 0.1) is 16.1 Å². The third kappa shape index (κ3) is 8.09. The van der Waals surface area contributed by atoms with Crippen molar-refractivity contribution in [3.63, 3.8) is 0 Å². The normalized spacial score (nSPS) is 12.4. The van der Waals surface area contributed by atoms with Crippen LogP contribution in [0, 0.1) is 6.92 Å². The highest BCUT2D eigenvalue weighted by atomic mass is 32.2. The molecule has 2 amide bonds. The molecular formula is C30H34F3N3O4S. The molecular weight excluding hydrogens is 555 g/mol. The molecule has 0 aliphatic heterocycles. The van der Waals surface area contributed by atoms with Gasteiger partial charge in [0.15, 0.2) is 0 Å². The Hall–Kier alpha value is -3.86. The maximum atomic E-state index is 13.9. The fraction of sp³-hybridized carbons (Fsp3) is 0.333. The number of anilines is 1. The third-order valence-electron chi connectivity index (χ3n) is 6.48. The Kier molecular flexibility index (Phi) is 10.6. The summed E-state index contributed by atoms with van der Waals surface area (Å²) in [5.74, 6) is -1.13. The molecule has 0 bridgehead atoms. The highest BCUT2D eigenvalue weighted by molar-refractivity contribution is 7.92. The first-order valence-corrected chi connectivity index (χ1v) is 14.7. The average Bonchev–Trinajstić information content (AvgIpc) is 2.94. The number of amides is 2. The lowest BCUT2D eigenvalue weighted by molar-refractivity contribution is -0.140. The zero-order valence-corrected chi connectivity index (χ0v) is 24.0. The molecule has 0 heterocycles. The Morgan fingerprint density at radius 3 is 2.17 bits per heavy atom. The summed E-state index contributed by atoms with van der Waals surface area (Å²) in [6, 6.07) is 17.6. The lowest BCUT2D eigenvalue weighted by atomic mass is 10.1. The number of benzene rings is 3. The molecule has 3 aromatic rings. The molecule has 7 nitrogen and oxygen atoms in total. The summed E-state index contributed by atoms with van der Waals surface area (Å²) in [5.41, 5.74) is 0.105. The smallest absolute Gasteiger partial charge is 0.354 e. The van der Waals surface area contributed by atoms with Crippen LogP contribution in [0.2, 0.25) is 0 Å². The van der Waals surface area contributed by atoms with Gasteiger partial charge >= 0.3 is 6.18 Å². The SMILES string of the molecule is CCCNC(=O)[C@@H](CC)N(Cc1ccccc1)C(=O)CN(c1cccc(C(F)(F)F)c1)S(=O)(=O)c1ccc(C)cc1. The number of hydrogen-bond acceptors (Lipinski definition) is 4. The maximum Gasteiger partial charge on any atom is 0.416 e. The van der Waals surface area contributed by atoms with Gasteiger partial charge in [0.1, 0.15) is 12.6 Å². The summed E-state index contributed by atoms with van der Waals surface area (Å²) in [4.78, 5) is 28.1. The first kappa shape index (κ1) is 31.7. The first-order chi connectivity index (χ1) is 19.4. The predicted molar refractivity (Wildman–Crippen MR) is 152 cm³/mol. The van der Waals surface area contributed by atoms with Gasteiger partial charge in [-0.1, -0.05) is 67.9 Å². The van der Waals surface area contributed by atoms with Crippen molar-refractivity contribution >= 4 is 27.5 Å². The summed E-state index contributed by atoms with van der Waals surface area (Å²) in [6.07, 6.45) is -3.82. The van der Waals surface area contributed by atoms with Crippen LogP contribution in [0.25, 0.3) is 0 Å². The Labute approximate surface area is 239 Å². The summed E-state index contributed by atoms with van der Waals surface area (Å²) in [6.45, 7) is 4.95. The highest BCUT2D eigenvalue weighted by Crippen LogP contribution is 2.33. The molecule has 220 valence electrons. The van der Waals surface area contributed by atoms with Gasteiger partial charge in [-0.2, -0.15) is 13.2 Å². The minimum Gasteiger partial charge on any atom is -0.354 e. The van der Waals surface area contributed by atoms with E-state index in [1.807, 2.05) is 6.92 Å². The monoisotopic (exact) mass is 589 g/mol. The standard InChI is InChI=1S/C30H34F3N3O4S/c1-4-18-34-29(38)27(5-2)35(20-23-10-7-6-8-11-23)28(37)21-36(25-13-9-12-24(19-25)30(31,32)33)41(39,40)26-16-14-22(3)15-17-26/h6-17,19,27H,4-5,18,20-21H2,1-3H3,(H,34,38)/t27-/m1/s1. The average molecular weight is 590 g/mol. The molecule has 1 atom stereocenters. The Morgan fingerprint density at radius 2 is 1.59 bits per heavy atom. The molecule has 0 spiro atoms. The topological polar surface area (TPSA) is 86.8 Å². The van der Waals surface area contributed by atoms with E-state index in [0.29, 0.717) is 28.9 Å². The van der Waals surface area contributed by atoms with E-state index in [4.69, 9.17) is 0 Å². The van der Waals surface area contributed by atoms with Gasteiger partial charge in [0.2, 0.25) is 11.8 Å². The number of nitrogens with zero attached hydrogens (tertiary/aromatic N) is 2. The van der Waals surface area contributed by atoms with E-state index in [-0.39, 0.29) is 23.5 Å². The second-order valence-corrected chi connectivity index (χ2v) is 11.5. The molecule has 0 unspecified atom stereocenters. The van der Waals surface area contributed by atoms with Gasteiger partial charge < -0.3 is 10.2 Å². The minimum atomic E-state index is -4.73. The van der Waals surface area contributed by atoms with Crippen molar-refractivity contribution in [2.45, 2.75) is 57.3 Å². The molecule has 3 aromatic carbocycles. The van der Waals surface area contributed by atoms with Crippen molar-refractivity contribution in [1.29, 1.82) is 0 Å². The summed E-state index contributed by atoms with van der Waals surface area (Å²) in [5, 5.41) is 2.79. The summed E-state index contributed by atoms with van der Waals surface area (Å²) >= 11 is 0. The number of carbonyl (C=O) groups is 2. The Balaban J connectivity index is 2.10. The molecule has 0 aromatic heterocycles. The third-order valence-corrected chi connectivity index (χ3v) is 8.27. The lowest BCUT2D eigenvalue weighted by Crippen LogP contribution is -2.52. The van der Waals surface area contributed by atoms with E-state index >= 15 is 0 Å². The highest BCUT2D eigenvalue weighted by Gasteiger charge is 2.35. The molecule has 41 heavy (non-hydrogen) atoms. The fourth-order valence-electron chi connectivity index (χ4n) is 4.27. The van der Waals surface area contributed by atoms with Crippen LogP contribution in [0.3, 0.4) is 0 Å². The van der Waals surface area contributed by atoms with Gasteiger partial charge in [-0.3, -0.25) is 13.9 Å². The molecule has 0 fully saturated rings. The van der Waals surface area contributed by atoms with Crippen LogP contribution in [-0.2, 0) is 32.3 Å². The van der Waals surface area contributed by atoms with Gasteiger partial charge in [-0.25, -0.2) is 8.42 Å². The second-order valence-electron chi connectivity index (χ2n) is 9.60. The van der Waals surface area contributed by atoms with E-state index in [1.165, 1.54) is 23.1 Å². The van der Waals surface area contributed by atoms with Gasteiger partial charge in [-0.15, -0.1) is 0 Å². The number of aryl methyl sites for hydroxylation is 1. The van der Waals surface area contributed by atoms with Gasteiger partial charge in [0, 0.05) is 13.1 Å². The Morgan fingerprint density at radius 1 is 0.927 bits per heavy atom. The maximum absolute atomic E-state index is 13.9. The number of carbonyl (C=O) groups excluding carboxylic acids is 2. The van der Waals surface area contributed by atoms with E-state index in [9.17, 15) is 31.2 Å². The number of alkyl halides is 3. The van der Waals surface area contributed by atoms with Crippen LogP contribution in [0.5, 0.6) is 0 Å². The summed E-state index contributed by atoms with van der Waals surface area (Å²) < 4.78 is 69.1. The lowest BCUT2D eigenvalue weighted by Gasteiger charge is -2.33. The van der Waals surface area contributed by atoms with Crippen LogP contribution in [0.1, 0.15) is 43.4 Å². The molecule has 0 saturated carbocycles. The zero-order chi connectivity index (χ0) is 30.2. The molecule has 0 aliphatic rings. The zero-order valence-electron chi connectivity index (χ0n) is 23.2. The van der Waals surface area contributed by atoms with E-state index < -0.39 is 46.2 Å². The van der Waals surface area contributed by atoms with Crippen molar-refractivity contribution in [1.82, 2.24) is 10.2 Å². The molecule has 3 rings (SSSR count). The molecule has 1 N–H and O–H groups in total. The van der Waals surface area contributed by atoms with Crippen LogP contribution in [-0.4, -0.2) is 44.3 Å². The van der Waals surface area contributed by atoms with Crippen LogP contribution in [0.15, 0.2) is 83.8 Å². The number of rotatable bonds is 12. The fourth-order valence-corrected chi connectivity index (χ4v) is 5.68. The quantitative estimate of drug-likeness (QED) is 0.301. The van der Waals surface area contributed by atoms with E-state index in [1.54, 1.807) is 56.3 Å². The molecule has 0 radical (unpaired) electrons. The molecule has 0 saturated heterocycles. The van der Waals surface area contributed by atoms with Gasteiger partial charge in [-0.05, 0) is 55.7 Å². The first-order valence-electron chi connectivity index (χ1n) is 13.3. The predicted octanol–water partition coefficient (Wildman–Crippen LogP) is 5.54. The van der Waals surface area contributed by atoms with Crippen molar-refractivity contribution in [2.24, 2.45) is 0 Å². The van der Waals surface area contributed by atoms with Crippen molar-refractivity contribution in [3.05, 3.63) is 95.6 Å². The largest absolute Gasteiger partial charge is 0.416 e. The van der Waals surface area contributed by atoms with Crippen molar-refractivity contribution in [3.8, 4) is 0 Å². The Bertz CT molecular complexity index is 1430. The number of hydrogen-bond donors (Lipinski definition) is 1. The number of nitrogens with one attached hydrogen (secondary N) is 1. The van der Waals surface area contributed by atoms with Crippen LogP contribution < -0.4 is 9.62 Å².